The van der Waals surface area contributed by atoms with Gasteiger partial charge in [0, 0.05) is 13.6 Å². The summed E-state index contributed by atoms with van der Waals surface area (Å²) >= 11 is 0. The van der Waals surface area contributed by atoms with E-state index in [4.69, 9.17) is 5.26 Å². The summed E-state index contributed by atoms with van der Waals surface area (Å²) in [6, 6.07) is 8.60. The second-order valence-electron chi connectivity index (χ2n) is 5.24. The largest absolute Gasteiger partial charge is 0.242 e. The predicted octanol–water partition coefficient (Wildman–Crippen LogP) is 2.03. The number of hydrogen-bond donors (Lipinski definition) is 0. The van der Waals surface area contributed by atoms with Crippen molar-refractivity contribution in [3.63, 3.8) is 0 Å². The van der Waals surface area contributed by atoms with E-state index in [0.717, 1.165) is 12.0 Å². The third kappa shape index (κ3) is 3.14. The monoisotopic (exact) mass is 278 g/mol. The maximum Gasteiger partial charge on any atom is 0.242 e. The van der Waals surface area contributed by atoms with Crippen LogP contribution in [0.15, 0.2) is 29.2 Å². The van der Waals surface area contributed by atoms with Crippen molar-refractivity contribution in [3.05, 3.63) is 29.8 Å². The van der Waals surface area contributed by atoms with Crippen molar-refractivity contribution in [2.45, 2.75) is 24.7 Å². The minimum absolute atomic E-state index is 0.296. The Morgan fingerprint density at radius 3 is 2.42 bits per heavy atom. The number of nitriles is 1. The molecule has 0 amide bonds. The lowest BCUT2D eigenvalue weighted by molar-refractivity contribution is 0.444. The van der Waals surface area contributed by atoms with Gasteiger partial charge in [0.15, 0.2) is 0 Å². The summed E-state index contributed by atoms with van der Waals surface area (Å²) in [6.07, 6.45) is 1.41. The predicted molar refractivity (Wildman–Crippen MR) is 72.8 cm³/mol. The Hall–Kier alpha value is -1.38. The van der Waals surface area contributed by atoms with E-state index in [1.54, 1.807) is 31.3 Å². The molecule has 0 bridgehead atoms. The maximum absolute atomic E-state index is 12.3. The van der Waals surface area contributed by atoms with E-state index in [1.807, 2.05) is 6.07 Å². The van der Waals surface area contributed by atoms with E-state index in [1.165, 1.54) is 4.31 Å². The van der Waals surface area contributed by atoms with Gasteiger partial charge in [-0.15, -0.1) is 0 Å². The minimum atomic E-state index is -3.40. The topological polar surface area (TPSA) is 61.2 Å². The van der Waals surface area contributed by atoms with Crippen molar-refractivity contribution in [1.29, 1.82) is 5.26 Å². The molecule has 0 aliphatic heterocycles. The molecule has 2 atom stereocenters. The molecule has 0 aromatic heterocycles. The molecule has 0 radical (unpaired) electrons. The van der Waals surface area contributed by atoms with E-state index in [9.17, 15) is 8.42 Å². The van der Waals surface area contributed by atoms with Crippen molar-refractivity contribution in [2.24, 2.45) is 11.8 Å². The van der Waals surface area contributed by atoms with Gasteiger partial charge in [-0.3, -0.25) is 0 Å². The number of rotatable bonds is 5. The van der Waals surface area contributed by atoms with Crippen LogP contribution in [0.2, 0.25) is 0 Å². The fourth-order valence-electron chi connectivity index (χ4n) is 2.13. The van der Waals surface area contributed by atoms with Crippen LogP contribution in [-0.2, 0) is 16.4 Å². The lowest BCUT2D eigenvalue weighted by atomic mass is 10.2. The Morgan fingerprint density at radius 1 is 1.37 bits per heavy atom. The zero-order valence-corrected chi connectivity index (χ0v) is 12.0. The molecule has 0 heterocycles. The molecule has 4 nitrogen and oxygen atoms in total. The molecule has 5 heteroatoms. The Kier molecular flexibility index (Phi) is 3.93. The van der Waals surface area contributed by atoms with E-state index in [-0.39, 0.29) is 0 Å². The molecule has 0 N–H and O–H groups in total. The summed E-state index contributed by atoms with van der Waals surface area (Å²) in [5.74, 6) is 1.13. The third-order valence-corrected chi connectivity index (χ3v) is 5.52. The fraction of sp³-hybridized carbons (Fsp3) is 0.500. The van der Waals surface area contributed by atoms with Gasteiger partial charge in [0.25, 0.3) is 0 Å². The second kappa shape index (κ2) is 5.32. The van der Waals surface area contributed by atoms with Gasteiger partial charge in [-0.05, 0) is 36.0 Å². The quantitative estimate of drug-likeness (QED) is 0.828. The first kappa shape index (κ1) is 14.0. The number of benzene rings is 1. The normalized spacial score (nSPS) is 22.2. The van der Waals surface area contributed by atoms with Gasteiger partial charge in [-0.25, -0.2) is 12.7 Å². The van der Waals surface area contributed by atoms with Crippen LogP contribution in [0, 0.1) is 23.2 Å². The summed E-state index contributed by atoms with van der Waals surface area (Å²) in [4.78, 5) is 0.296. The smallest absolute Gasteiger partial charge is 0.207 e. The molecule has 0 saturated heterocycles. The van der Waals surface area contributed by atoms with E-state index in [0.29, 0.717) is 29.7 Å². The highest BCUT2D eigenvalue weighted by Crippen LogP contribution is 2.38. The van der Waals surface area contributed by atoms with Crippen LogP contribution in [0.4, 0.5) is 0 Å². The highest BCUT2D eigenvalue weighted by Gasteiger charge is 2.36. The van der Waals surface area contributed by atoms with Crippen LogP contribution in [0.25, 0.3) is 0 Å². The zero-order chi connectivity index (χ0) is 14.0. The molecule has 19 heavy (non-hydrogen) atoms. The SMILES string of the molecule is CC1CC1CN(C)S(=O)(=O)c1ccc(CC#N)cc1. The van der Waals surface area contributed by atoms with Crippen molar-refractivity contribution >= 4 is 10.0 Å². The molecule has 1 aliphatic carbocycles. The highest BCUT2D eigenvalue weighted by molar-refractivity contribution is 7.89. The number of nitrogens with zero attached hydrogens (tertiary/aromatic N) is 2. The van der Waals surface area contributed by atoms with Gasteiger partial charge in [0.2, 0.25) is 10.0 Å². The fourth-order valence-corrected chi connectivity index (χ4v) is 3.36. The molecule has 2 unspecified atom stereocenters. The van der Waals surface area contributed by atoms with Crippen molar-refractivity contribution in [1.82, 2.24) is 4.31 Å². The van der Waals surface area contributed by atoms with Crippen molar-refractivity contribution in [3.8, 4) is 6.07 Å². The van der Waals surface area contributed by atoms with Crippen LogP contribution < -0.4 is 0 Å². The molecule has 1 aromatic rings. The summed E-state index contributed by atoms with van der Waals surface area (Å²) in [5, 5.41) is 8.59. The molecule has 1 fully saturated rings. The Balaban J connectivity index is 2.12. The molecule has 102 valence electrons. The molecular formula is C14H18N2O2S. The summed E-state index contributed by atoms with van der Waals surface area (Å²) < 4.78 is 26.1. The van der Waals surface area contributed by atoms with Gasteiger partial charge in [-0.1, -0.05) is 19.1 Å². The van der Waals surface area contributed by atoms with Crippen LogP contribution in [0.3, 0.4) is 0 Å². The Labute approximate surface area is 114 Å². The summed E-state index contributed by atoms with van der Waals surface area (Å²) in [7, 11) is -1.77. The molecule has 0 spiro atoms. The first-order valence-corrected chi connectivity index (χ1v) is 7.81. The van der Waals surface area contributed by atoms with Gasteiger partial charge >= 0.3 is 0 Å². The van der Waals surface area contributed by atoms with Crippen molar-refractivity contribution in [2.75, 3.05) is 13.6 Å². The van der Waals surface area contributed by atoms with E-state index >= 15 is 0 Å². The standard InChI is InChI=1S/C14H18N2O2S/c1-11-9-13(11)10-16(2)19(17,18)14-5-3-12(4-6-14)7-8-15/h3-6,11,13H,7,9-10H2,1-2H3. The second-order valence-corrected chi connectivity index (χ2v) is 7.28. The maximum atomic E-state index is 12.3. The highest BCUT2D eigenvalue weighted by atomic mass is 32.2. The van der Waals surface area contributed by atoms with Crippen LogP contribution in [0.5, 0.6) is 0 Å². The number of hydrogen-bond acceptors (Lipinski definition) is 3. The third-order valence-electron chi connectivity index (χ3n) is 3.68. The Morgan fingerprint density at radius 2 is 1.95 bits per heavy atom. The first-order chi connectivity index (χ1) is 8.95. The molecule has 1 saturated carbocycles. The molecule has 2 rings (SSSR count). The lowest BCUT2D eigenvalue weighted by Gasteiger charge is -2.17. The van der Waals surface area contributed by atoms with Crippen molar-refractivity contribution < 1.29 is 8.42 Å². The average molecular weight is 278 g/mol. The van der Waals surface area contributed by atoms with Gasteiger partial charge in [0.1, 0.15) is 0 Å². The van der Waals surface area contributed by atoms with Gasteiger partial charge in [-0.2, -0.15) is 5.26 Å². The average Bonchev–Trinajstić information content (AvgIpc) is 3.06. The van der Waals surface area contributed by atoms with Gasteiger partial charge < -0.3 is 0 Å². The Bertz CT molecular complexity index is 587. The van der Waals surface area contributed by atoms with Gasteiger partial charge in [0.05, 0.1) is 17.4 Å². The summed E-state index contributed by atoms with van der Waals surface area (Å²) in [6.45, 7) is 2.73. The van der Waals surface area contributed by atoms with Crippen LogP contribution in [0.1, 0.15) is 18.9 Å². The molecule has 1 aliphatic rings. The van der Waals surface area contributed by atoms with E-state index < -0.39 is 10.0 Å². The molecule has 1 aromatic carbocycles. The molecular weight excluding hydrogens is 260 g/mol. The van der Waals surface area contributed by atoms with Crippen LogP contribution >= 0.6 is 0 Å². The van der Waals surface area contributed by atoms with Crippen LogP contribution in [-0.4, -0.2) is 26.3 Å². The number of sulfonamides is 1. The van der Waals surface area contributed by atoms with E-state index in [2.05, 4.69) is 6.92 Å². The first-order valence-electron chi connectivity index (χ1n) is 6.37. The lowest BCUT2D eigenvalue weighted by Crippen LogP contribution is -2.29. The minimum Gasteiger partial charge on any atom is -0.207 e. The summed E-state index contributed by atoms with van der Waals surface area (Å²) in [5.41, 5.74) is 0.833. The zero-order valence-electron chi connectivity index (χ0n) is 11.2.